The highest BCUT2D eigenvalue weighted by Crippen LogP contribution is 2.33. The Morgan fingerprint density at radius 3 is 2.57 bits per heavy atom. The normalized spacial score (nSPS) is 12.9. The van der Waals surface area contributed by atoms with Gasteiger partial charge in [0, 0.05) is 12.6 Å². The van der Waals surface area contributed by atoms with Crippen molar-refractivity contribution >= 4 is 11.6 Å². The first-order valence-electron chi connectivity index (χ1n) is 3.73. The van der Waals surface area contributed by atoms with Crippen LogP contribution in [0.25, 0.3) is 0 Å². The highest BCUT2D eigenvalue weighted by atomic mass is 35.5. The molecule has 0 radical (unpaired) electrons. The molecule has 78 valence electrons. The quantitative estimate of drug-likeness (QED) is 0.663. The molecule has 6 heteroatoms. The van der Waals surface area contributed by atoms with Gasteiger partial charge >= 0.3 is 0 Å². The standard InChI is InChI=1S/C8H8ClF2NO2/c9-7-3(10)1-4(13)6(8(7)11)5(14)2-12/h1,5,13-14H,2,12H2. The van der Waals surface area contributed by atoms with Gasteiger partial charge in [0.15, 0.2) is 5.82 Å². The molecular weight excluding hydrogens is 216 g/mol. The summed E-state index contributed by atoms with van der Waals surface area (Å²) in [5.41, 5.74) is 4.58. The summed E-state index contributed by atoms with van der Waals surface area (Å²) in [4.78, 5) is 0. The molecule has 1 atom stereocenters. The third-order valence-electron chi connectivity index (χ3n) is 1.73. The average Bonchev–Trinajstić information content (AvgIpc) is 2.14. The molecule has 1 aromatic rings. The summed E-state index contributed by atoms with van der Waals surface area (Å²) < 4.78 is 26.0. The lowest BCUT2D eigenvalue weighted by atomic mass is 10.1. The van der Waals surface area contributed by atoms with Crippen LogP contribution in [0.15, 0.2) is 6.07 Å². The largest absolute Gasteiger partial charge is 0.507 e. The molecule has 14 heavy (non-hydrogen) atoms. The van der Waals surface area contributed by atoms with Gasteiger partial charge in [-0.2, -0.15) is 0 Å². The van der Waals surface area contributed by atoms with E-state index in [-0.39, 0.29) is 6.54 Å². The lowest BCUT2D eigenvalue weighted by molar-refractivity contribution is 0.177. The van der Waals surface area contributed by atoms with Gasteiger partial charge in [-0.05, 0) is 0 Å². The number of benzene rings is 1. The maximum atomic E-state index is 13.2. The van der Waals surface area contributed by atoms with E-state index in [0.29, 0.717) is 6.07 Å². The highest BCUT2D eigenvalue weighted by molar-refractivity contribution is 6.31. The maximum Gasteiger partial charge on any atom is 0.154 e. The van der Waals surface area contributed by atoms with Crippen LogP contribution in [0.4, 0.5) is 8.78 Å². The third kappa shape index (κ3) is 1.79. The molecule has 0 amide bonds. The molecule has 0 aliphatic heterocycles. The van der Waals surface area contributed by atoms with E-state index in [1.807, 2.05) is 0 Å². The molecule has 1 aromatic carbocycles. The van der Waals surface area contributed by atoms with Crippen molar-refractivity contribution in [3.63, 3.8) is 0 Å². The summed E-state index contributed by atoms with van der Waals surface area (Å²) in [5, 5.41) is 17.6. The second kappa shape index (κ2) is 4.08. The molecule has 1 rings (SSSR count). The van der Waals surface area contributed by atoms with E-state index < -0.39 is 34.1 Å². The van der Waals surface area contributed by atoms with E-state index >= 15 is 0 Å². The van der Waals surface area contributed by atoms with Crippen molar-refractivity contribution in [1.82, 2.24) is 0 Å². The van der Waals surface area contributed by atoms with Crippen molar-refractivity contribution < 1.29 is 19.0 Å². The van der Waals surface area contributed by atoms with Crippen LogP contribution in [0.2, 0.25) is 5.02 Å². The lowest BCUT2D eigenvalue weighted by Gasteiger charge is -2.12. The fourth-order valence-electron chi connectivity index (χ4n) is 1.03. The highest BCUT2D eigenvalue weighted by Gasteiger charge is 2.21. The number of hydrogen-bond donors (Lipinski definition) is 3. The number of nitrogens with two attached hydrogens (primary N) is 1. The van der Waals surface area contributed by atoms with Crippen LogP contribution < -0.4 is 5.73 Å². The molecule has 1 unspecified atom stereocenters. The summed E-state index contributed by atoms with van der Waals surface area (Å²) in [6.07, 6.45) is -1.41. The van der Waals surface area contributed by atoms with Crippen LogP contribution in [0.1, 0.15) is 11.7 Å². The van der Waals surface area contributed by atoms with E-state index in [1.54, 1.807) is 0 Å². The summed E-state index contributed by atoms with van der Waals surface area (Å²) in [6.45, 7) is -0.299. The van der Waals surface area contributed by atoms with Crippen LogP contribution in [0, 0.1) is 11.6 Å². The van der Waals surface area contributed by atoms with Crippen molar-refractivity contribution in [2.45, 2.75) is 6.10 Å². The van der Waals surface area contributed by atoms with Gasteiger partial charge in [0.25, 0.3) is 0 Å². The molecule has 0 fully saturated rings. The molecule has 0 bridgehead atoms. The molecule has 0 spiro atoms. The minimum atomic E-state index is -1.41. The van der Waals surface area contributed by atoms with E-state index in [0.717, 1.165) is 0 Å². The van der Waals surface area contributed by atoms with Crippen molar-refractivity contribution in [2.75, 3.05) is 6.54 Å². The molecular formula is C8H8ClF2NO2. The molecule has 0 saturated carbocycles. The number of rotatable bonds is 2. The number of aliphatic hydroxyl groups is 1. The maximum absolute atomic E-state index is 13.2. The molecule has 0 aliphatic carbocycles. The van der Waals surface area contributed by atoms with E-state index in [9.17, 15) is 13.9 Å². The number of hydrogen-bond acceptors (Lipinski definition) is 3. The van der Waals surface area contributed by atoms with Crippen LogP contribution in [0.5, 0.6) is 5.75 Å². The van der Waals surface area contributed by atoms with Crippen LogP contribution in [-0.2, 0) is 0 Å². The number of phenolic OH excluding ortho intramolecular Hbond substituents is 1. The van der Waals surface area contributed by atoms with Crippen molar-refractivity contribution in [1.29, 1.82) is 0 Å². The predicted octanol–water partition coefficient (Wildman–Crippen LogP) is 1.32. The van der Waals surface area contributed by atoms with Gasteiger partial charge < -0.3 is 15.9 Å². The van der Waals surface area contributed by atoms with E-state index in [4.69, 9.17) is 22.4 Å². The number of halogens is 3. The summed E-state index contributed by atoms with van der Waals surface area (Å²) in [5.74, 6) is -2.99. The fraction of sp³-hybridized carbons (Fsp3) is 0.250. The van der Waals surface area contributed by atoms with Crippen LogP contribution >= 0.6 is 11.6 Å². The Bertz CT molecular complexity index is 360. The first-order valence-corrected chi connectivity index (χ1v) is 4.11. The fourth-order valence-corrected chi connectivity index (χ4v) is 1.19. The SMILES string of the molecule is NCC(O)c1c(O)cc(F)c(Cl)c1F. The van der Waals surface area contributed by atoms with Gasteiger partial charge in [0.05, 0.1) is 11.7 Å². The second-order valence-corrected chi connectivity index (χ2v) is 3.05. The summed E-state index contributed by atoms with van der Waals surface area (Å²) >= 11 is 5.24. The number of aliphatic hydroxyl groups excluding tert-OH is 1. The zero-order chi connectivity index (χ0) is 10.9. The Kier molecular flexibility index (Phi) is 3.25. The smallest absolute Gasteiger partial charge is 0.154 e. The molecule has 0 saturated heterocycles. The average molecular weight is 224 g/mol. The zero-order valence-electron chi connectivity index (χ0n) is 6.97. The third-order valence-corrected chi connectivity index (χ3v) is 2.08. The lowest BCUT2D eigenvalue weighted by Crippen LogP contribution is -2.13. The van der Waals surface area contributed by atoms with Crippen LogP contribution in [0.3, 0.4) is 0 Å². The van der Waals surface area contributed by atoms with Gasteiger partial charge in [0.1, 0.15) is 16.6 Å². The topological polar surface area (TPSA) is 66.5 Å². The van der Waals surface area contributed by atoms with Gasteiger partial charge in [-0.15, -0.1) is 0 Å². The van der Waals surface area contributed by atoms with Crippen molar-refractivity contribution in [3.8, 4) is 5.75 Å². The molecule has 3 nitrogen and oxygen atoms in total. The van der Waals surface area contributed by atoms with E-state index in [2.05, 4.69) is 0 Å². The molecule has 4 N–H and O–H groups in total. The van der Waals surface area contributed by atoms with E-state index in [1.165, 1.54) is 0 Å². The Balaban J connectivity index is 3.36. The predicted molar refractivity (Wildman–Crippen MR) is 47.0 cm³/mol. The van der Waals surface area contributed by atoms with Gasteiger partial charge in [0.2, 0.25) is 0 Å². The van der Waals surface area contributed by atoms with Crippen molar-refractivity contribution in [2.24, 2.45) is 5.73 Å². The van der Waals surface area contributed by atoms with Crippen LogP contribution in [-0.4, -0.2) is 16.8 Å². The first kappa shape index (κ1) is 11.2. The number of aromatic hydroxyl groups is 1. The second-order valence-electron chi connectivity index (χ2n) is 2.67. The summed E-state index contributed by atoms with van der Waals surface area (Å²) in [7, 11) is 0. The number of phenols is 1. The molecule has 0 heterocycles. The van der Waals surface area contributed by atoms with Gasteiger partial charge in [-0.25, -0.2) is 8.78 Å². The van der Waals surface area contributed by atoms with Gasteiger partial charge in [-0.1, -0.05) is 11.6 Å². The summed E-state index contributed by atoms with van der Waals surface area (Å²) in [6, 6.07) is 0.625. The van der Waals surface area contributed by atoms with Gasteiger partial charge in [-0.3, -0.25) is 0 Å². The first-order chi connectivity index (χ1) is 6.49. The van der Waals surface area contributed by atoms with Crippen molar-refractivity contribution in [3.05, 3.63) is 28.3 Å². The molecule has 0 aromatic heterocycles. The minimum Gasteiger partial charge on any atom is -0.507 e. The Labute approximate surface area is 83.7 Å². The monoisotopic (exact) mass is 223 g/mol. The zero-order valence-corrected chi connectivity index (χ0v) is 7.72. The Morgan fingerprint density at radius 2 is 2.07 bits per heavy atom. The minimum absolute atomic E-state index is 0.299. The Morgan fingerprint density at radius 1 is 1.50 bits per heavy atom. The Hall–Kier alpha value is -0.910. The molecule has 0 aliphatic rings.